The molecule has 0 saturated carbocycles. The van der Waals surface area contributed by atoms with Gasteiger partial charge in [0.25, 0.3) is 5.56 Å². The molecular weight excluding hydrogens is 413 g/mol. The summed E-state index contributed by atoms with van der Waals surface area (Å²) >= 11 is 2.22. The molecule has 1 aromatic carbocycles. The topological polar surface area (TPSA) is 87.7 Å². The fourth-order valence-electron chi connectivity index (χ4n) is 2.23. The average molecular weight is 426 g/mol. The van der Waals surface area contributed by atoms with Gasteiger partial charge < -0.3 is 10.3 Å². The van der Waals surface area contributed by atoms with Gasteiger partial charge in [0.1, 0.15) is 0 Å². The van der Waals surface area contributed by atoms with Crippen LogP contribution in [0.15, 0.2) is 45.7 Å². The highest BCUT2D eigenvalue weighted by Crippen LogP contribution is 2.28. The molecule has 0 unspecified atom stereocenters. The Hall–Kier alpha value is -2.66. The van der Waals surface area contributed by atoms with Gasteiger partial charge in [0.2, 0.25) is 5.91 Å². The Labute approximate surface area is 165 Å². The monoisotopic (exact) mass is 426 g/mol. The third-order valence-electron chi connectivity index (χ3n) is 3.41. The largest absolute Gasteiger partial charge is 0.433 e. The van der Waals surface area contributed by atoms with Gasteiger partial charge in [-0.3, -0.25) is 9.59 Å². The molecule has 11 heteroatoms. The number of aromatic amines is 1. The van der Waals surface area contributed by atoms with Crippen molar-refractivity contribution in [2.75, 3.05) is 11.1 Å². The number of rotatable bonds is 5. The van der Waals surface area contributed by atoms with E-state index in [1.165, 1.54) is 11.3 Å². The molecule has 28 heavy (non-hydrogen) atoms. The first-order chi connectivity index (χ1) is 13.2. The van der Waals surface area contributed by atoms with Crippen LogP contribution < -0.4 is 10.9 Å². The number of carbonyl (C=O) groups is 1. The molecule has 2 heterocycles. The smallest absolute Gasteiger partial charge is 0.325 e. The van der Waals surface area contributed by atoms with E-state index in [1.807, 2.05) is 18.4 Å². The molecule has 0 fully saturated rings. The minimum absolute atomic E-state index is 0.218. The number of thiazole rings is 1. The van der Waals surface area contributed by atoms with Gasteiger partial charge in [0.05, 0.1) is 16.5 Å². The number of carbonyl (C=O) groups excluding carboxylic acids is 1. The number of H-pyrrole nitrogens is 1. The molecule has 0 atom stereocenters. The highest BCUT2D eigenvalue weighted by Gasteiger charge is 2.33. The van der Waals surface area contributed by atoms with E-state index in [0.29, 0.717) is 23.5 Å². The molecule has 3 rings (SSSR count). The number of anilines is 1. The van der Waals surface area contributed by atoms with Gasteiger partial charge in [0.15, 0.2) is 10.9 Å². The van der Waals surface area contributed by atoms with E-state index >= 15 is 0 Å². The van der Waals surface area contributed by atoms with Gasteiger partial charge >= 0.3 is 6.18 Å². The van der Waals surface area contributed by atoms with Crippen molar-refractivity contribution >= 4 is 34.7 Å². The van der Waals surface area contributed by atoms with Crippen LogP contribution in [0.4, 0.5) is 18.9 Å². The Morgan fingerprint density at radius 2 is 2.07 bits per heavy atom. The van der Waals surface area contributed by atoms with E-state index in [-0.39, 0.29) is 10.9 Å². The zero-order valence-electron chi connectivity index (χ0n) is 14.3. The summed E-state index contributed by atoms with van der Waals surface area (Å²) in [6.07, 6.45) is -4.74. The van der Waals surface area contributed by atoms with Crippen LogP contribution in [-0.2, 0) is 11.0 Å². The first-order valence-electron chi connectivity index (χ1n) is 7.84. The Morgan fingerprint density at radius 1 is 1.29 bits per heavy atom. The third kappa shape index (κ3) is 5.20. The number of alkyl halides is 3. The Bertz CT molecular complexity index is 1060. The molecule has 0 aliphatic carbocycles. The van der Waals surface area contributed by atoms with Crippen LogP contribution in [0.25, 0.3) is 11.3 Å². The van der Waals surface area contributed by atoms with Crippen molar-refractivity contribution in [1.29, 1.82) is 0 Å². The molecule has 0 aliphatic rings. The summed E-state index contributed by atoms with van der Waals surface area (Å²) in [6.45, 7) is 1.89. The molecule has 6 nitrogen and oxygen atoms in total. The number of aromatic nitrogens is 3. The maximum absolute atomic E-state index is 12.7. The van der Waals surface area contributed by atoms with Crippen molar-refractivity contribution in [3.8, 4) is 11.3 Å². The lowest BCUT2D eigenvalue weighted by Gasteiger charge is -2.08. The summed E-state index contributed by atoms with van der Waals surface area (Å²) in [6, 6.07) is 7.43. The molecule has 0 bridgehead atoms. The zero-order chi connectivity index (χ0) is 20.3. The SMILES string of the molecule is Cc1nc(-c2cccc(NC(=O)CSc3nc(C(F)(F)F)cc(=O)[nH]3)c2)cs1. The van der Waals surface area contributed by atoms with Crippen molar-refractivity contribution in [1.82, 2.24) is 15.0 Å². The van der Waals surface area contributed by atoms with E-state index in [2.05, 4.69) is 20.3 Å². The number of nitrogens with one attached hydrogen (secondary N) is 2. The second kappa shape index (κ2) is 8.15. The van der Waals surface area contributed by atoms with Crippen LogP contribution in [0, 0.1) is 6.92 Å². The highest BCUT2D eigenvalue weighted by atomic mass is 32.2. The van der Waals surface area contributed by atoms with Crippen LogP contribution in [0.5, 0.6) is 0 Å². The third-order valence-corrected chi connectivity index (χ3v) is 5.06. The molecule has 3 aromatic rings. The van der Waals surface area contributed by atoms with E-state index in [9.17, 15) is 22.8 Å². The summed E-state index contributed by atoms with van der Waals surface area (Å²) in [7, 11) is 0. The van der Waals surface area contributed by atoms with E-state index in [4.69, 9.17) is 0 Å². The second-order valence-electron chi connectivity index (χ2n) is 5.60. The minimum Gasteiger partial charge on any atom is -0.325 e. The Morgan fingerprint density at radius 3 is 2.75 bits per heavy atom. The van der Waals surface area contributed by atoms with E-state index < -0.39 is 23.3 Å². The Kier molecular flexibility index (Phi) is 5.84. The van der Waals surface area contributed by atoms with Crippen LogP contribution in [-0.4, -0.2) is 26.6 Å². The number of amides is 1. The first kappa shape index (κ1) is 20.1. The molecule has 0 spiro atoms. The molecule has 2 aromatic heterocycles. The van der Waals surface area contributed by atoms with Crippen molar-refractivity contribution in [2.45, 2.75) is 18.3 Å². The zero-order valence-corrected chi connectivity index (χ0v) is 16.0. The standard InChI is InChI=1S/C17H13F3N4O2S2/c1-9-21-12(7-27-9)10-3-2-4-11(5-10)22-15(26)8-28-16-23-13(17(18,19)20)6-14(25)24-16/h2-7H,8H2,1H3,(H,22,26)(H,23,24,25). The van der Waals surface area contributed by atoms with Crippen molar-refractivity contribution in [3.05, 3.63) is 56.8 Å². The number of halogens is 3. The summed E-state index contributed by atoms with van der Waals surface area (Å²) in [5, 5.41) is 5.21. The maximum Gasteiger partial charge on any atom is 0.433 e. The van der Waals surface area contributed by atoms with Gasteiger partial charge in [-0.15, -0.1) is 11.3 Å². The maximum atomic E-state index is 12.7. The lowest BCUT2D eigenvalue weighted by Crippen LogP contribution is -2.18. The second-order valence-corrected chi connectivity index (χ2v) is 7.63. The predicted molar refractivity (Wildman–Crippen MR) is 102 cm³/mol. The summed E-state index contributed by atoms with van der Waals surface area (Å²) < 4.78 is 38.1. The summed E-state index contributed by atoms with van der Waals surface area (Å²) in [5.74, 6) is -0.665. The lowest BCUT2D eigenvalue weighted by molar-refractivity contribution is -0.141. The minimum atomic E-state index is -4.74. The molecule has 1 amide bonds. The molecule has 0 radical (unpaired) electrons. The van der Waals surface area contributed by atoms with Crippen LogP contribution in [0.3, 0.4) is 0 Å². The van der Waals surface area contributed by atoms with Gasteiger partial charge in [-0.2, -0.15) is 13.2 Å². The van der Waals surface area contributed by atoms with Crippen molar-refractivity contribution in [3.63, 3.8) is 0 Å². The molecule has 2 N–H and O–H groups in total. The number of nitrogens with zero attached hydrogens (tertiary/aromatic N) is 2. The number of hydrogen-bond acceptors (Lipinski definition) is 6. The Balaban J connectivity index is 1.65. The van der Waals surface area contributed by atoms with E-state index in [0.717, 1.165) is 16.3 Å². The van der Waals surface area contributed by atoms with Gasteiger partial charge in [0, 0.05) is 22.7 Å². The fourth-order valence-corrected chi connectivity index (χ4v) is 3.53. The van der Waals surface area contributed by atoms with Gasteiger partial charge in [-0.1, -0.05) is 23.9 Å². The number of hydrogen-bond donors (Lipinski definition) is 2. The molecule has 0 saturated heterocycles. The number of aryl methyl sites for hydroxylation is 1. The summed E-state index contributed by atoms with van der Waals surface area (Å²) in [4.78, 5) is 33.4. The number of benzene rings is 1. The molecule has 146 valence electrons. The van der Waals surface area contributed by atoms with Crippen molar-refractivity contribution in [2.24, 2.45) is 0 Å². The quantitative estimate of drug-likeness (QED) is 0.477. The average Bonchev–Trinajstić information content (AvgIpc) is 3.05. The molecule has 0 aliphatic heterocycles. The van der Waals surface area contributed by atoms with Crippen LogP contribution in [0.2, 0.25) is 0 Å². The number of thioether (sulfide) groups is 1. The summed E-state index contributed by atoms with van der Waals surface area (Å²) in [5.41, 5.74) is -0.0847. The van der Waals surface area contributed by atoms with Crippen molar-refractivity contribution < 1.29 is 18.0 Å². The fraction of sp³-hybridized carbons (Fsp3) is 0.176. The highest BCUT2D eigenvalue weighted by molar-refractivity contribution is 7.99. The van der Waals surface area contributed by atoms with Crippen LogP contribution >= 0.6 is 23.1 Å². The van der Waals surface area contributed by atoms with E-state index in [1.54, 1.807) is 18.2 Å². The molecular formula is C17H13F3N4O2S2. The lowest BCUT2D eigenvalue weighted by atomic mass is 10.1. The first-order valence-corrected chi connectivity index (χ1v) is 9.71. The normalized spacial score (nSPS) is 11.4. The van der Waals surface area contributed by atoms with Gasteiger partial charge in [-0.25, -0.2) is 9.97 Å². The van der Waals surface area contributed by atoms with Gasteiger partial charge in [-0.05, 0) is 19.1 Å². The van der Waals surface area contributed by atoms with Crippen LogP contribution in [0.1, 0.15) is 10.7 Å². The predicted octanol–water partition coefficient (Wildman–Crippen LogP) is 3.95.